The molecule has 0 aromatic heterocycles. The Morgan fingerprint density at radius 3 is 2.24 bits per heavy atom. The average molecular weight is 233 g/mol. The van der Waals surface area contributed by atoms with Crippen LogP contribution in [-0.4, -0.2) is 50.7 Å². The lowest BCUT2D eigenvalue weighted by Gasteiger charge is -2.31. The van der Waals surface area contributed by atoms with E-state index in [1.165, 1.54) is 11.1 Å². The standard InChI is InChI=1S/C15H25N2/c1-6-14-7-9-15(10-8-14)13-17(4,5)12-11-16(2)3/h6-10H,1,11-13H2,2-5H3/q+1. The maximum atomic E-state index is 3.77. The summed E-state index contributed by atoms with van der Waals surface area (Å²) in [4.78, 5) is 2.24. The molecule has 0 atom stereocenters. The number of rotatable bonds is 6. The van der Waals surface area contributed by atoms with Gasteiger partial charge in [-0.25, -0.2) is 0 Å². The van der Waals surface area contributed by atoms with Crippen LogP contribution < -0.4 is 0 Å². The predicted octanol–water partition coefficient (Wildman–Crippen LogP) is 2.47. The van der Waals surface area contributed by atoms with Crippen molar-refractivity contribution in [2.24, 2.45) is 0 Å². The van der Waals surface area contributed by atoms with Crippen LogP contribution in [0.25, 0.3) is 6.08 Å². The fourth-order valence-electron chi connectivity index (χ4n) is 1.80. The highest BCUT2D eigenvalue weighted by Gasteiger charge is 2.15. The number of hydrogen-bond acceptors (Lipinski definition) is 1. The van der Waals surface area contributed by atoms with E-state index < -0.39 is 0 Å². The molecule has 94 valence electrons. The van der Waals surface area contributed by atoms with E-state index in [2.05, 4.69) is 63.9 Å². The second kappa shape index (κ2) is 5.99. The molecule has 1 aromatic carbocycles. The van der Waals surface area contributed by atoms with Crippen LogP contribution in [0.1, 0.15) is 11.1 Å². The third kappa shape index (κ3) is 5.16. The summed E-state index contributed by atoms with van der Waals surface area (Å²) in [6, 6.07) is 8.67. The van der Waals surface area contributed by atoms with E-state index in [-0.39, 0.29) is 0 Å². The third-order valence-electron chi connectivity index (χ3n) is 2.98. The predicted molar refractivity (Wildman–Crippen MR) is 75.8 cm³/mol. The lowest BCUT2D eigenvalue weighted by molar-refractivity contribution is -0.903. The molecule has 0 saturated heterocycles. The molecule has 0 aliphatic heterocycles. The first-order chi connectivity index (χ1) is 7.93. The van der Waals surface area contributed by atoms with Gasteiger partial charge in [-0.3, -0.25) is 0 Å². The number of benzene rings is 1. The van der Waals surface area contributed by atoms with Crippen molar-refractivity contribution in [1.29, 1.82) is 0 Å². The van der Waals surface area contributed by atoms with Gasteiger partial charge in [0.15, 0.2) is 0 Å². The van der Waals surface area contributed by atoms with Gasteiger partial charge in [-0.1, -0.05) is 36.9 Å². The van der Waals surface area contributed by atoms with Gasteiger partial charge in [0.05, 0.1) is 20.6 Å². The van der Waals surface area contributed by atoms with Crippen LogP contribution in [-0.2, 0) is 6.54 Å². The van der Waals surface area contributed by atoms with Gasteiger partial charge in [0, 0.05) is 12.1 Å². The van der Waals surface area contributed by atoms with E-state index in [0.717, 1.165) is 24.1 Å². The molecular formula is C15H25N2+. The zero-order valence-electron chi connectivity index (χ0n) is 11.6. The second-order valence-corrected chi connectivity index (χ2v) is 5.57. The van der Waals surface area contributed by atoms with E-state index >= 15 is 0 Å². The highest BCUT2D eigenvalue weighted by Crippen LogP contribution is 2.11. The molecule has 0 heterocycles. The molecule has 17 heavy (non-hydrogen) atoms. The summed E-state index contributed by atoms with van der Waals surface area (Å²) >= 11 is 0. The number of hydrogen-bond donors (Lipinski definition) is 0. The van der Waals surface area contributed by atoms with Crippen LogP contribution in [0.3, 0.4) is 0 Å². The number of likely N-dealkylation sites (N-methyl/N-ethyl adjacent to an activating group) is 2. The van der Waals surface area contributed by atoms with E-state index in [0.29, 0.717) is 0 Å². The van der Waals surface area contributed by atoms with Crippen LogP contribution in [0.2, 0.25) is 0 Å². The van der Waals surface area contributed by atoms with Crippen LogP contribution in [0, 0.1) is 0 Å². The Labute approximate surface area is 106 Å². The van der Waals surface area contributed by atoms with Crippen molar-refractivity contribution in [3.05, 3.63) is 42.0 Å². The van der Waals surface area contributed by atoms with Crippen molar-refractivity contribution in [3.8, 4) is 0 Å². The summed E-state index contributed by atoms with van der Waals surface area (Å²) in [5.41, 5.74) is 2.58. The molecule has 0 saturated carbocycles. The molecule has 0 N–H and O–H groups in total. The van der Waals surface area contributed by atoms with Gasteiger partial charge in [-0.15, -0.1) is 0 Å². The van der Waals surface area contributed by atoms with Crippen LogP contribution in [0.5, 0.6) is 0 Å². The minimum absolute atomic E-state index is 1.02. The molecule has 1 rings (SSSR count). The highest BCUT2D eigenvalue weighted by atomic mass is 15.3. The number of quaternary nitrogens is 1. The second-order valence-electron chi connectivity index (χ2n) is 5.57. The molecule has 0 unspecified atom stereocenters. The Morgan fingerprint density at radius 2 is 1.76 bits per heavy atom. The monoisotopic (exact) mass is 233 g/mol. The lowest BCUT2D eigenvalue weighted by atomic mass is 10.1. The summed E-state index contributed by atoms with van der Waals surface area (Å²) in [5, 5.41) is 0. The molecule has 2 heteroatoms. The normalized spacial score (nSPS) is 11.8. The molecule has 0 amide bonds. The molecule has 0 bridgehead atoms. The van der Waals surface area contributed by atoms with Crippen molar-refractivity contribution >= 4 is 6.08 Å². The molecule has 0 radical (unpaired) electrons. The van der Waals surface area contributed by atoms with Crippen molar-refractivity contribution in [2.75, 3.05) is 41.3 Å². The van der Waals surface area contributed by atoms with Crippen molar-refractivity contribution in [3.63, 3.8) is 0 Å². The summed E-state index contributed by atoms with van der Waals surface area (Å²) in [6.07, 6.45) is 1.88. The number of nitrogens with zero attached hydrogens (tertiary/aromatic N) is 2. The Bertz CT molecular complexity index is 350. The molecule has 2 nitrogen and oxygen atoms in total. The molecule has 0 aliphatic rings. The van der Waals surface area contributed by atoms with Gasteiger partial charge < -0.3 is 9.38 Å². The third-order valence-corrected chi connectivity index (χ3v) is 2.98. The molecule has 0 spiro atoms. The maximum absolute atomic E-state index is 3.77. The quantitative estimate of drug-likeness (QED) is 0.682. The van der Waals surface area contributed by atoms with E-state index in [1.54, 1.807) is 0 Å². The molecule has 0 aliphatic carbocycles. The van der Waals surface area contributed by atoms with E-state index in [1.807, 2.05) is 6.08 Å². The zero-order valence-corrected chi connectivity index (χ0v) is 11.6. The molecular weight excluding hydrogens is 208 g/mol. The Morgan fingerprint density at radius 1 is 1.18 bits per heavy atom. The van der Waals surface area contributed by atoms with Gasteiger partial charge in [0.1, 0.15) is 6.54 Å². The van der Waals surface area contributed by atoms with Gasteiger partial charge in [0.2, 0.25) is 0 Å². The van der Waals surface area contributed by atoms with Gasteiger partial charge >= 0.3 is 0 Å². The largest absolute Gasteiger partial charge is 0.324 e. The first-order valence-corrected chi connectivity index (χ1v) is 6.11. The first kappa shape index (κ1) is 13.9. The van der Waals surface area contributed by atoms with Crippen molar-refractivity contribution in [1.82, 2.24) is 4.90 Å². The van der Waals surface area contributed by atoms with E-state index in [4.69, 9.17) is 0 Å². The van der Waals surface area contributed by atoms with Gasteiger partial charge in [-0.2, -0.15) is 0 Å². The van der Waals surface area contributed by atoms with Crippen LogP contribution >= 0.6 is 0 Å². The van der Waals surface area contributed by atoms with Crippen LogP contribution in [0.4, 0.5) is 0 Å². The van der Waals surface area contributed by atoms with Gasteiger partial charge in [0.25, 0.3) is 0 Å². The minimum atomic E-state index is 1.02. The first-order valence-electron chi connectivity index (χ1n) is 6.11. The summed E-state index contributed by atoms with van der Waals surface area (Å²) in [5.74, 6) is 0. The fourth-order valence-corrected chi connectivity index (χ4v) is 1.80. The lowest BCUT2D eigenvalue weighted by Crippen LogP contribution is -2.43. The average Bonchev–Trinajstić information content (AvgIpc) is 2.27. The Hall–Kier alpha value is -1.12. The van der Waals surface area contributed by atoms with E-state index in [9.17, 15) is 0 Å². The SMILES string of the molecule is C=Cc1ccc(C[N+](C)(C)CCN(C)C)cc1. The summed E-state index contributed by atoms with van der Waals surface area (Å²) in [6.45, 7) is 7.13. The summed E-state index contributed by atoms with van der Waals surface area (Å²) < 4.78 is 1.02. The van der Waals surface area contributed by atoms with Gasteiger partial charge in [-0.05, 0) is 19.7 Å². The Balaban J connectivity index is 2.58. The van der Waals surface area contributed by atoms with Crippen molar-refractivity contribution in [2.45, 2.75) is 6.54 Å². The smallest absolute Gasteiger partial charge is 0.104 e. The zero-order chi connectivity index (χ0) is 12.9. The Kier molecular flexibility index (Phi) is 4.91. The van der Waals surface area contributed by atoms with Crippen LogP contribution in [0.15, 0.2) is 30.8 Å². The fraction of sp³-hybridized carbons (Fsp3) is 0.467. The summed E-state index contributed by atoms with van der Waals surface area (Å²) in [7, 11) is 8.81. The minimum Gasteiger partial charge on any atom is -0.324 e. The molecule has 1 aromatic rings. The highest BCUT2D eigenvalue weighted by molar-refractivity contribution is 5.47. The molecule has 0 fully saturated rings. The topological polar surface area (TPSA) is 3.24 Å². The maximum Gasteiger partial charge on any atom is 0.104 e. The van der Waals surface area contributed by atoms with Crippen molar-refractivity contribution < 1.29 is 4.48 Å².